The number of urea groups is 1. The number of carbonyl (C=O) groups excluding carboxylic acids is 1. The summed E-state index contributed by atoms with van der Waals surface area (Å²) in [7, 11) is 0. The van der Waals surface area contributed by atoms with Crippen LogP contribution in [-0.4, -0.2) is 12.6 Å². The fourth-order valence-electron chi connectivity index (χ4n) is 1.60. The van der Waals surface area contributed by atoms with Gasteiger partial charge in [-0.3, -0.25) is 0 Å². The summed E-state index contributed by atoms with van der Waals surface area (Å²) in [6, 6.07) is 5.89. The number of unbranched alkanes of at least 4 members (excludes halogenated alkanes) is 1. The zero-order valence-electron chi connectivity index (χ0n) is 10.3. The van der Waals surface area contributed by atoms with Gasteiger partial charge in [-0.1, -0.05) is 19.4 Å². The van der Waals surface area contributed by atoms with E-state index < -0.39 is 0 Å². The van der Waals surface area contributed by atoms with Crippen molar-refractivity contribution in [2.75, 3.05) is 11.9 Å². The quantitative estimate of drug-likeness (QED) is 0.751. The molecule has 0 fully saturated rings. The lowest BCUT2D eigenvalue weighted by Gasteiger charge is -2.08. The molecule has 1 rings (SSSR count). The van der Waals surface area contributed by atoms with Crippen molar-refractivity contribution in [2.24, 2.45) is 0 Å². The number of benzene rings is 1. The minimum absolute atomic E-state index is 0.126. The van der Waals surface area contributed by atoms with Crippen molar-refractivity contribution in [3.8, 4) is 0 Å². The molecule has 0 saturated carbocycles. The molecule has 0 aliphatic carbocycles. The monoisotopic (exact) mass is 220 g/mol. The summed E-state index contributed by atoms with van der Waals surface area (Å²) >= 11 is 0. The lowest BCUT2D eigenvalue weighted by molar-refractivity contribution is 0.252. The van der Waals surface area contributed by atoms with E-state index in [1.807, 2.05) is 26.0 Å². The molecule has 3 nitrogen and oxygen atoms in total. The highest BCUT2D eigenvalue weighted by Gasteiger charge is 2.01. The third-order valence-corrected chi connectivity index (χ3v) is 2.30. The van der Waals surface area contributed by atoms with Crippen molar-refractivity contribution in [3.05, 3.63) is 29.3 Å². The second-order valence-corrected chi connectivity index (χ2v) is 4.11. The van der Waals surface area contributed by atoms with Gasteiger partial charge in [-0.05, 0) is 43.5 Å². The van der Waals surface area contributed by atoms with Crippen molar-refractivity contribution in [2.45, 2.75) is 33.6 Å². The van der Waals surface area contributed by atoms with Gasteiger partial charge >= 0.3 is 6.03 Å². The molecule has 0 aromatic heterocycles. The number of carbonyl (C=O) groups is 1. The van der Waals surface area contributed by atoms with E-state index in [-0.39, 0.29) is 6.03 Å². The van der Waals surface area contributed by atoms with Gasteiger partial charge in [-0.15, -0.1) is 0 Å². The number of aryl methyl sites for hydroxylation is 2. The Balaban J connectivity index is 2.49. The van der Waals surface area contributed by atoms with E-state index in [0.29, 0.717) is 0 Å². The van der Waals surface area contributed by atoms with Crippen LogP contribution in [0.5, 0.6) is 0 Å². The first-order chi connectivity index (χ1) is 7.61. The highest BCUT2D eigenvalue weighted by atomic mass is 16.2. The number of hydrogen-bond acceptors (Lipinski definition) is 1. The van der Waals surface area contributed by atoms with Gasteiger partial charge in [0.05, 0.1) is 0 Å². The SMILES string of the molecule is CCCCNC(=O)Nc1cc(C)cc(C)c1. The summed E-state index contributed by atoms with van der Waals surface area (Å²) in [6.07, 6.45) is 2.10. The molecule has 0 atom stereocenters. The molecule has 3 heteroatoms. The van der Waals surface area contributed by atoms with E-state index in [9.17, 15) is 4.79 Å². The van der Waals surface area contributed by atoms with Gasteiger partial charge < -0.3 is 10.6 Å². The second-order valence-electron chi connectivity index (χ2n) is 4.11. The van der Waals surface area contributed by atoms with Gasteiger partial charge in [-0.2, -0.15) is 0 Å². The van der Waals surface area contributed by atoms with E-state index in [1.165, 1.54) is 0 Å². The molecule has 1 aromatic rings. The van der Waals surface area contributed by atoms with Gasteiger partial charge in [0, 0.05) is 12.2 Å². The molecule has 0 aliphatic rings. The number of rotatable bonds is 4. The van der Waals surface area contributed by atoms with Crippen molar-refractivity contribution < 1.29 is 4.79 Å². The van der Waals surface area contributed by atoms with Crippen LogP contribution in [0.1, 0.15) is 30.9 Å². The van der Waals surface area contributed by atoms with E-state index in [0.717, 1.165) is 36.2 Å². The van der Waals surface area contributed by atoms with Crippen LogP contribution in [0.25, 0.3) is 0 Å². The third kappa shape index (κ3) is 4.34. The maximum absolute atomic E-state index is 11.5. The molecule has 0 saturated heterocycles. The Labute approximate surface area is 97.2 Å². The van der Waals surface area contributed by atoms with Crippen LogP contribution in [-0.2, 0) is 0 Å². The Kier molecular flexibility index (Phi) is 4.83. The zero-order valence-corrected chi connectivity index (χ0v) is 10.3. The summed E-state index contributed by atoms with van der Waals surface area (Å²) in [6.45, 7) is 6.87. The predicted molar refractivity (Wildman–Crippen MR) is 67.8 cm³/mol. The van der Waals surface area contributed by atoms with E-state index >= 15 is 0 Å². The number of amides is 2. The number of nitrogens with one attached hydrogen (secondary N) is 2. The average molecular weight is 220 g/mol. The highest BCUT2D eigenvalue weighted by Crippen LogP contribution is 2.13. The molecule has 0 spiro atoms. The van der Waals surface area contributed by atoms with Crippen molar-refractivity contribution in [1.82, 2.24) is 5.32 Å². The molecular weight excluding hydrogens is 200 g/mol. The van der Waals surface area contributed by atoms with Gasteiger partial charge in [0.25, 0.3) is 0 Å². The molecule has 0 bridgehead atoms. The Morgan fingerprint density at radius 3 is 2.38 bits per heavy atom. The van der Waals surface area contributed by atoms with Crippen LogP contribution in [0.2, 0.25) is 0 Å². The van der Waals surface area contributed by atoms with Gasteiger partial charge in [0.1, 0.15) is 0 Å². The van der Waals surface area contributed by atoms with Gasteiger partial charge in [0.15, 0.2) is 0 Å². The first-order valence-corrected chi connectivity index (χ1v) is 5.75. The molecule has 2 N–H and O–H groups in total. The Morgan fingerprint density at radius 1 is 1.19 bits per heavy atom. The minimum Gasteiger partial charge on any atom is -0.338 e. The molecule has 1 aromatic carbocycles. The lowest BCUT2D eigenvalue weighted by atomic mass is 10.1. The number of anilines is 1. The summed E-state index contributed by atoms with van der Waals surface area (Å²) in [5.41, 5.74) is 3.17. The van der Waals surface area contributed by atoms with Crippen LogP contribution < -0.4 is 10.6 Å². The topological polar surface area (TPSA) is 41.1 Å². The third-order valence-electron chi connectivity index (χ3n) is 2.30. The van der Waals surface area contributed by atoms with E-state index in [4.69, 9.17) is 0 Å². The molecule has 88 valence electrons. The zero-order chi connectivity index (χ0) is 12.0. The molecule has 16 heavy (non-hydrogen) atoms. The first kappa shape index (κ1) is 12.6. The Hall–Kier alpha value is -1.51. The molecule has 2 amide bonds. The minimum atomic E-state index is -0.126. The molecule has 0 unspecified atom stereocenters. The van der Waals surface area contributed by atoms with Gasteiger partial charge in [0.2, 0.25) is 0 Å². The largest absolute Gasteiger partial charge is 0.338 e. The first-order valence-electron chi connectivity index (χ1n) is 5.75. The summed E-state index contributed by atoms with van der Waals surface area (Å²) in [5.74, 6) is 0. The van der Waals surface area contributed by atoms with Gasteiger partial charge in [-0.25, -0.2) is 4.79 Å². The normalized spacial score (nSPS) is 9.94. The Morgan fingerprint density at radius 2 is 1.81 bits per heavy atom. The van der Waals surface area contributed by atoms with E-state index in [2.05, 4.69) is 23.6 Å². The maximum Gasteiger partial charge on any atom is 0.319 e. The standard InChI is InChI=1S/C13H20N2O/c1-4-5-6-14-13(16)15-12-8-10(2)7-11(3)9-12/h7-9H,4-6H2,1-3H3,(H2,14,15,16). The second kappa shape index (κ2) is 6.16. The summed E-state index contributed by atoms with van der Waals surface area (Å²) < 4.78 is 0. The summed E-state index contributed by atoms with van der Waals surface area (Å²) in [5, 5.41) is 5.65. The molecule has 0 aliphatic heterocycles. The van der Waals surface area contributed by atoms with Crippen molar-refractivity contribution >= 4 is 11.7 Å². The average Bonchev–Trinajstić information content (AvgIpc) is 2.16. The highest BCUT2D eigenvalue weighted by molar-refractivity contribution is 5.89. The maximum atomic E-state index is 11.5. The Bertz CT molecular complexity index is 341. The van der Waals surface area contributed by atoms with Crippen LogP contribution in [0.3, 0.4) is 0 Å². The van der Waals surface area contributed by atoms with Crippen LogP contribution in [0.15, 0.2) is 18.2 Å². The predicted octanol–water partition coefficient (Wildman–Crippen LogP) is 3.23. The smallest absolute Gasteiger partial charge is 0.319 e. The summed E-state index contributed by atoms with van der Waals surface area (Å²) in [4.78, 5) is 11.5. The van der Waals surface area contributed by atoms with Crippen LogP contribution in [0.4, 0.5) is 10.5 Å². The number of hydrogen-bond donors (Lipinski definition) is 2. The molecule has 0 radical (unpaired) electrons. The molecule has 0 heterocycles. The fourth-order valence-corrected chi connectivity index (χ4v) is 1.60. The van der Waals surface area contributed by atoms with Crippen molar-refractivity contribution in [1.29, 1.82) is 0 Å². The fraction of sp³-hybridized carbons (Fsp3) is 0.462. The van der Waals surface area contributed by atoms with E-state index in [1.54, 1.807) is 0 Å². The van der Waals surface area contributed by atoms with Crippen molar-refractivity contribution in [3.63, 3.8) is 0 Å². The molecular formula is C13H20N2O. The van der Waals surface area contributed by atoms with Crippen LogP contribution >= 0.6 is 0 Å². The van der Waals surface area contributed by atoms with Crippen LogP contribution in [0, 0.1) is 13.8 Å². The lowest BCUT2D eigenvalue weighted by Crippen LogP contribution is -2.29.